The van der Waals surface area contributed by atoms with Crippen molar-refractivity contribution in [2.75, 3.05) is 26.2 Å². The average molecular weight is 277 g/mol. The molecule has 1 aromatic heterocycles. The second kappa shape index (κ2) is 5.91. The minimum absolute atomic E-state index is 0.0419. The van der Waals surface area contributed by atoms with Gasteiger partial charge in [-0.15, -0.1) is 5.10 Å². The third-order valence-electron chi connectivity index (χ3n) is 4.58. The minimum atomic E-state index is 0.0419. The molecule has 0 aromatic carbocycles. The first kappa shape index (κ1) is 13.5. The zero-order chi connectivity index (χ0) is 13.9. The molecule has 1 unspecified atom stereocenters. The highest BCUT2D eigenvalue weighted by Crippen LogP contribution is 2.21. The minimum Gasteiger partial charge on any atom is -0.337 e. The number of carbonyl (C=O) groups is 1. The smallest absolute Gasteiger partial charge is 0.276 e. The van der Waals surface area contributed by atoms with Gasteiger partial charge in [0.05, 0.1) is 12.2 Å². The van der Waals surface area contributed by atoms with Crippen molar-refractivity contribution in [2.45, 2.75) is 38.6 Å². The van der Waals surface area contributed by atoms with E-state index in [1.54, 1.807) is 6.20 Å². The Balaban J connectivity index is 1.64. The van der Waals surface area contributed by atoms with Crippen LogP contribution in [0.5, 0.6) is 0 Å². The molecule has 2 fully saturated rings. The second-order valence-electron chi connectivity index (χ2n) is 5.89. The van der Waals surface area contributed by atoms with Gasteiger partial charge in [-0.25, -0.2) is 4.68 Å². The fraction of sp³-hybridized carbons (Fsp3) is 0.786. The van der Waals surface area contributed by atoms with Crippen molar-refractivity contribution in [2.24, 2.45) is 5.92 Å². The van der Waals surface area contributed by atoms with E-state index in [-0.39, 0.29) is 5.91 Å². The lowest BCUT2D eigenvalue weighted by Crippen LogP contribution is -2.43. The maximum Gasteiger partial charge on any atom is 0.276 e. The Morgan fingerprint density at radius 3 is 2.95 bits per heavy atom. The molecule has 3 heterocycles. The Kier molecular flexibility index (Phi) is 4.00. The van der Waals surface area contributed by atoms with Crippen molar-refractivity contribution in [1.82, 2.24) is 25.2 Å². The highest BCUT2D eigenvalue weighted by atomic mass is 16.2. The number of nitrogens with zero attached hydrogens (tertiary/aromatic N) is 4. The van der Waals surface area contributed by atoms with E-state index in [2.05, 4.69) is 22.6 Å². The second-order valence-corrected chi connectivity index (χ2v) is 5.89. The average Bonchev–Trinajstić information content (AvgIpc) is 2.73. The summed E-state index contributed by atoms with van der Waals surface area (Å²) < 4.78 is 1.82. The maximum absolute atomic E-state index is 12.5. The summed E-state index contributed by atoms with van der Waals surface area (Å²) >= 11 is 0. The number of hydrogen-bond acceptors (Lipinski definition) is 4. The van der Waals surface area contributed by atoms with Crippen LogP contribution in [-0.2, 0) is 0 Å². The molecule has 2 saturated heterocycles. The third kappa shape index (κ3) is 2.70. The summed E-state index contributed by atoms with van der Waals surface area (Å²) in [4.78, 5) is 14.4. The van der Waals surface area contributed by atoms with Crippen molar-refractivity contribution >= 4 is 5.91 Å². The van der Waals surface area contributed by atoms with Gasteiger partial charge in [-0.2, -0.15) is 0 Å². The van der Waals surface area contributed by atoms with E-state index in [9.17, 15) is 4.79 Å². The Morgan fingerprint density at radius 1 is 1.40 bits per heavy atom. The fourth-order valence-corrected chi connectivity index (χ4v) is 2.95. The van der Waals surface area contributed by atoms with Gasteiger partial charge in [-0.1, -0.05) is 18.6 Å². The number of rotatable bonds is 3. The molecule has 0 spiro atoms. The van der Waals surface area contributed by atoms with E-state index in [1.807, 2.05) is 9.58 Å². The van der Waals surface area contributed by atoms with Crippen LogP contribution in [0.4, 0.5) is 0 Å². The molecule has 1 N–H and O–H groups in total. The molecule has 0 radical (unpaired) electrons. The maximum atomic E-state index is 12.5. The first-order chi connectivity index (χ1) is 9.78. The van der Waals surface area contributed by atoms with Crippen LogP contribution in [0.3, 0.4) is 0 Å². The standard InChI is InChI=1S/C14H23N5O/c1-2-11-4-3-6-18(7-5-11)14(20)13-10-19(17-16-13)12-8-15-9-12/h10-12,15H,2-9H2,1H3. The Labute approximate surface area is 119 Å². The van der Waals surface area contributed by atoms with E-state index in [0.29, 0.717) is 11.7 Å². The molecule has 1 atom stereocenters. The van der Waals surface area contributed by atoms with Gasteiger partial charge in [0.2, 0.25) is 0 Å². The van der Waals surface area contributed by atoms with Gasteiger partial charge in [0.25, 0.3) is 5.91 Å². The summed E-state index contributed by atoms with van der Waals surface area (Å²) in [6, 6.07) is 0.359. The summed E-state index contributed by atoms with van der Waals surface area (Å²) in [6.45, 7) is 5.78. The summed E-state index contributed by atoms with van der Waals surface area (Å²) in [5.74, 6) is 0.810. The molecular formula is C14H23N5O. The first-order valence-electron chi connectivity index (χ1n) is 7.69. The van der Waals surface area contributed by atoms with Crippen LogP contribution in [0, 0.1) is 5.92 Å². The number of hydrogen-bond donors (Lipinski definition) is 1. The van der Waals surface area contributed by atoms with Crippen LogP contribution in [0.15, 0.2) is 6.20 Å². The number of amides is 1. The Morgan fingerprint density at radius 2 is 2.25 bits per heavy atom. The molecule has 1 aromatic rings. The van der Waals surface area contributed by atoms with Crippen LogP contribution in [0.2, 0.25) is 0 Å². The summed E-state index contributed by atoms with van der Waals surface area (Å²) in [5.41, 5.74) is 0.492. The van der Waals surface area contributed by atoms with Gasteiger partial charge in [0, 0.05) is 26.2 Å². The van der Waals surface area contributed by atoms with E-state index >= 15 is 0 Å². The van der Waals surface area contributed by atoms with Crippen LogP contribution in [0.1, 0.15) is 49.1 Å². The lowest BCUT2D eigenvalue weighted by atomic mass is 9.98. The lowest BCUT2D eigenvalue weighted by molar-refractivity contribution is 0.0754. The van der Waals surface area contributed by atoms with Gasteiger partial charge in [-0.05, 0) is 25.2 Å². The predicted octanol–water partition coefficient (Wildman–Crippen LogP) is 1.07. The Hall–Kier alpha value is -1.43. The van der Waals surface area contributed by atoms with Gasteiger partial charge in [-0.3, -0.25) is 4.79 Å². The predicted molar refractivity (Wildman–Crippen MR) is 75.5 cm³/mol. The summed E-state index contributed by atoms with van der Waals surface area (Å²) in [7, 11) is 0. The number of nitrogens with one attached hydrogen (secondary N) is 1. The number of carbonyl (C=O) groups excluding carboxylic acids is 1. The largest absolute Gasteiger partial charge is 0.337 e. The molecule has 0 saturated carbocycles. The molecule has 6 nitrogen and oxygen atoms in total. The molecule has 1 amide bonds. The fourth-order valence-electron chi connectivity index (χ4n) is 2.95. The molecule has 6 heteroatoms. The van der Waals surface area contributed by atoms with Crippen molar-refractivity contribution in [3.8, 4) is 0 Å². The van der Waals surface area contributed by atoms with Gasteiger partial charge in [0.1, 0.15) is 0 Å². The van der Waals surface area contributed by atoms with Gasteiger partial charge >= 0.3 is 0 Å². The Bertz CT molecular complexity index is 468. The highest BCUT2D eigenvalue weighted by molar-refractivity contribution is 5.91. The molecule has 110 valence electrons. The van der Waals surface area contributed by atoms with Crippen molar-refractivity contribution < 1.29 is 4.79 Å². The zero-order valence-electron chi connectivity index (χ0n) is 12.1. The van der Waals surface area contributed by atoms with E-state index in [0.717, 1.165) is 44.9 Å². The molecular weight excluding hydrogens is 254 g/mol. The van der Waals surface area contributed by atoms with Crippen LogP contribution < -0.4 is 5.32 Å². The van der Waals surface area contributed by atoms with Crippen molar-refractivity contribution in [1.29, 1.82) is 0 Å². The third-order valence-corrected chi connectivity index (χ3v) is 4.58. The quantitative estimate of drug-likeness (QED) is 0.898. The highest BCUT2D eigenvalue weighted by Gasteiger charge is 2.25. The monoisotopic (exact) mass is 277 g/mol. The molecule has 20 heavy (non-hydrogen) atoms. The van der Waals surface area contributed by atoms with Crippen molar-refractivity contribution in [3.63, 3.8) is 0 Å². The molecule has 2 aliphatic heterocycles. The van der Waals surface area contributed by atoms with Gasteiger partial charge < -0.3 is 10.2 Å². The number of likely N-dealkylation sites (tertiary alicyclic amines) is 1. The molecule has 3 rings (SSSR count). The van der Waals surface area contributed by atoms with Crippen LogP contribution >= 0.6 is 0 Å². The van der Waals surface area contributed by atoms with E-state index in [1.165, 1.54) is 12.8 Å². The molecule has 2 aliphatic rings. The van der Waals surface area contributed by atoms with E-state index in [4.69, 9.17) is 0 Å². The van der Waals surface area contributed by atoms with Crippen LogP contribution in [0.25, 0.3) is 0 Å². The number of aromatic nitrogens is 3. The lowest BCUT2D eigenvalue weighted by Gasteiger charge is -2.26. The summed E-state index contributed by atoms with van der Waals surface area (Å²) in [5, 5.41) is 11.3. The first-order valence-corrected chi connectivity index (χ1v) is 7.69. The topological polar surface area (TPSA) is 63.1 Å². The van der Waals surface area contributed by atoms with Gasteiger partial charge in [0.15, 0.2) is 5.69 Å². The van der Waals surface area contributed by atoms with E-state index < -0.39 is 0 Å². The van der Waals surface area contributed by atoms with Crippen molar-refractivity contribution in [3.05, 3.63) is 11.9 Å². The molecule has 0 aliphatic carbocycles. The normalized spacial score (nSPS) is 24.2. The molecule has 0 bridgehead atoms. The SMILES string of the molecule is CCC1CCCN(C(=O)c2cn(C3CNC3)nn2)CC1. The summed E-state index contributed by atoms with van der Waals surface area (Å²) in [6.07, 6.45) is 6.47. The van der Waals surface area contributed by atoms with Crippen LogP contribution in [-0.4, -0.2) is 52.0 Å². The zero-order valence-corrected chi connectivity index (χ0v) is 12.1.